The zero-order valence-electron chi connectivity index (χ0n) is 13.4. The fraction of sp³-hybridized carbons (Fsp3) is 0.625. The van der Waals surface area contributed by atoms with Gasteiger partial charge in [-0.2, -0.15) is 0 Å². The van der Waals surface area contributed by atoms with Gasteiger partial charge in [-0.15, -0.1) is 24.0 Å². The molecule has 0 unspecified atom stereocenters. The van der Waals surface area contributed by atoms with Gasteiger partial charge >= 0.3 is 0 Å². The summed E-state index contributed by atoms with van der Waals surface area (Å²) in [6, 6.07) is 4.14. The van der Waals surface area contributed by atoms with Crippen LogP contribution in [0.15, 0.2) is 23.3 Å². The minimum absolute atomic E-state index is 0. The van der Waals surface area contributed by atoms with Gasteiger partial charge in [-0.1, -0.05) is 13.3 Å². The lowest BCUT2D eigenvalue weighted by atomic mass is 10.1. The lowest BCUT2D eigenvalue weighted by Gasteiger charge is -2.27. The Hall–Kier alpha value is -1.05. The van der Waals surface area contributed by atoms with Crippen LogP contribution >= 0.6 is 24.0 Å². The van der Waals surface area contributed by atoms with E-state index in [4.69, 9.17) is 5.73 Å². The molecule has 0 atom stereocenters. The van der Waals surface area contributed by atoms with Gasteiger partial charge < -0.3 is 16.0 Å². The molecule has 1 aliphatic heterocycles. The maximum atomic E-state index is 5.86. The highest BCUT2D eigenvalue weighted by Crippen LogP contribution is 2.18. The molecule has 2 rings (SSSR count). The summed E-state index contributed by atoms with van der Waals surface area (Å²) < 4.78 is 0. The minimum Gasteiger partial charge on any atom is -0.370 e. The topological polar surface area (TPSA) is 66.5 Å². The molecule has 0 saturated carbocycles. The minimum atomic E-state index is 0. The Bertz CT molecular complexity index is 458. The van der Waals surface area contributed by atoms with Crippen LogP contribution < -0.4 is 16.0 Å². The van der Waals surface area contributed by atoms with Crippen molar-refractivity contribution in [3.05, 3.63) is 23.9 Å². The van der Waals surface area contributed by atoms with Gasteiger partial charge in [-0.3, -0.25) is 0 Å². The van der Waals surface area contributed by atoms with E-state index in [1.165, 1.54) is 19.3 Å². The third-order valence-electron chi connectivity index (χ3n) is 3.76. The second kappa shape index (κ2) is 10.6. The Morgan fingerprint density at radius 2 is 2.14 bits per heavy atom. The van der Waals surface area contributed by atoms with Crippen LogP contribution in [-0.4, -0.2) is 30.6 Å². The summed E-state index contributed by atoms with van der Waals surface area (Å²) in [4.78, 5) is 11.2. The Morgan fingerprint density at radius 1 is 1.36 bits per heavy atom. The molecular formula is C16H28IN5. The van der Waals surface area contributed by atoms with Gasteiger partial charge in [0.15, 0.2) is 5.96 Å². The standard InChI is InChI=1S/C16H27N5.HI/c1-2-3-8-19-16(17)20-13-14-7-9-18-15(12-14)21-10-5-4-6-11-21;/h7,9,12H,2-6,8,10-11,13H2,1H3,(H3,17,19,20);1H. The fourth-order valence-corrected chi connectivity index (χ4v) is 2.48. The van der Waals surface area contributed by atoms with E-state index in [-0.39, 0.29) is 24.0 Å². The highest BCUT2D eigenvalue weighted by molar-refractivity contribution is 14.0. The number of aliphatic imine (C=N–C) groups is 1. The van der Waals surface area contributed by atoms with Crippen LogP contribution in [0.25, 0.3) is 0 Å². The van der Waals surface area contributed by atoms with Crippen LogP contribution in [0.1, 0.15) is 44.6 Å². The molecule has 0 aliphatic carbocycles. The molecule has 1 aromatic heterocycles. The number of pyridine rings is 1. The van der Waals surface area contributed by atoms with Crippen LogP contribution in [0.5, 0.6) is 0 Å². The summed E-state index contributed by atoms with van der Waals surface area (Å²) in [6.45, 7) is 5.88. The number of guanidine groups is 1. The smallest absolute Gasteiger partial charge is 0.188 e. The van der Waals surface area contributed by atoms with Gasteiger partial charge in [0.05, 0.1) is 6.54 Å². The quantitative estimate of drug-likeness (QED) is 0.323. The molecule has 0 radical (unpaired) electrons. The summed E-state index contributed by atoms with van der Waals surface area (Å²) in [5.41, 5.74) is 7.01. The van der Waals surface area contributed by atoms with E-state index in [9.17, 15) is 0 Å². The summed E-state index contributed by atoms with van der Waals surface area (Å²) in [5.74, 6) is 1.60. The summed E-state index contributed by atoms with van der Waals surface area (Å²) in [7, 11) is 0. The number of halogens is 1. The van der Waals surface area contributed by atoms with Crippen LogP contribution in [0.2, 0.25) is 0 Å². The average molecular weight is 417 g/mol. The van der Waals surface area contributed by atoms with Gasteiger partial charge in [0.1, 0.15) is 5.82 Å². The van der Waals surface area contributed by atoms with Crippen molar-refractivity contribution in [3.8, 4) is 0 Å². The van der Waals surface area contributed by atoms with Crippen molar-refractivity contribution in [1.29, 1.82) is 0 Å². The normalized spacial score (nSPS) is 15.3. The predicted molar refractivity (Wildman–Crippen MR) is 104 cm³/mol. The van der Waals surface area contributed by atoms with E-state index >= 15 is 0 Å². The first-order chi connectivity index (χ1) is 10.3. The Kier molecular flexibility index (Phi) is 9.19. The van der Waals surface area contributed by atoms with E-state index in [0.717, 1.165) is 43.9 Å². The predicted octanol–water partition coefficient (Wildman–Crippen LogP) is 2.89. The second-order valence-corrected chi connectivity index (χ2v) is 5.55. The first-order valence-corrected chi connectivity index (χ1v) is 8.03. The number of unbranched alkanes of at least 4 members (excludes halogenated alkanes) is 1. The number of piperidine rings is 1. The Morgan fingerprint density at radius 3 is 2.86 bits per heavy atom. The third-order valence-corrected chi connectivity index (χ3v) is 3.76. The monoisotopic (exact) mass is 417 g/mol. The number of hydrogen-bond donors (Lipinski definition) is 2. The van der Waals surface area contributed by atoms with E-state index in [2.05, 4.69) is 33.2 Å². The number of rotatable bonds is 6. The summed E-state index contributed by atoms with van der Waals surface area (Å²) in [5, 5.41) is 3.13. The van der Waals surface area contributed by atoms with Crippen molar-refractivity contribution >= 4 is 35.8 Å². The number of nitrogens with two attached hydrogens (primary N) is 1. The van der Waals surface area contributed by atoms with Gasteiger partial charge in [0, 0.05) is 25.8 Å². The highest BCUT2D eigenvalue weighted by Gasteiger charge is 2.12. The maximum Gasteiger partial charge on any atom is 0.188 e. The molecule has 0 amide bonds. The van der Waals surface area contributed by atoms with Crippen LogP contribution in [0.4, 0.5) is 5.82 Å². The van der Waals surface area contributed by atoms with Gasteiger partial charge in [0.2, 0.25) is 0 Å². The maximum absolute atomic E-state index is 5.86. The van der Waals surface area contributed by atoms with E-state index in [1.54, 1.807) is 0 Å². The van der Waals surface area contributed by atoms with E-state index < -0.39 is 0 Å². The largest absolute Gasteiger partial charge is 0.370 e. The van der Waals surface area contributed by atoms with Crippen LogP contribution in [0, 0.1) is 0 Å². The Balaban J connectivity index is 0.00000242. The van der Waals surface area contributed by atoms with Crippen molar-refractivity contribution in [2.45, 2.75) is 45.6 Å². The lowest BCUT2D eigenvalue weighted by molar-refractivity contribution is 0.573. The first kappa shape index (κ1) is 19.0. The number of aromatic nitrogens is 1. The van der Waals surface area contributed by atoms with Crippen molar-refractivity contribution < 1.29 is 0 Å². The molecule has 0 bridgehead atoms. The van der Waals surface area contributed by atoms with Crippen molar-refractivity contribution in [2.75, 3.05) is 24.5 Å². The third kappa shape index (κ3) is 6.37. The van der Waals surface area contributed by atoms with Crippen molar-refractivity contribution in [3.63, 3.8) is 0 Å². The number of anilines is 1. The molecule has 22 heavy (non-hydrogen) atoms. The van der Waals surface area contributed by atoms with Gasteiger partial charge in [0.25, 0.3) is 0 Å². The molecule has 124 valence electrons. The Labute approximate surface area is 150 Å². The number of nitrogens with zero attached hydrogens (tertiary/aromatic N) is 3. The molecule has 1 aromatic rings. The molecule has 0 spiro atoms. The van der Waals surface area contributed by atoms with Crippen molar-refractivity contribution in [2.24, 2.45) is 10.7 Å². The fourth-order valence-electron chi connectivity index (χ4n) is 2.48. The molecule has 1 saturated heterocycles. The number of nitrogens with one attached hydrogen (secondary N) is 1. The summed E-state index contributed by atoms with van der Waals surface area (Å²) in [6.07, 6.45) is 8.00. The van der Waals surface area contributed by atoms with Crippen LogP contribution in [-0.2, 0) is 6.54 Å². The highest BCUT2D eigenvalue weighted by atomic mass is 127. The zero-order chi connectivity index (χ0) is 14.9. The van der Waals surface area contributed by atoms with Crippen molar-refractivity contribution in [1.82, 2.24) is 10.3 Å². The molecular weight excluding hydrogens is 389 g/mol. The molecule has 5 nitrogen and oxygen atoms in total. The SMILES string of the molecule is CCCCNC(N)=NCc1ccnc(N2CCCCC2)c1.I. The van der Waals surface area contributed by atoms with E-state index in [0.29, 0.717) is 12.5 Å². The molecule has 0 aromatic carbocycles. The molecule has 1 aliphatic rings. The number of hydrogen-bond acceptors (Lipinski definition) is 3. The second-order valence-electron chi connectivity index (χ2n) is 5.55. The van der Waals surface area contributed by atoms with Crippen LogP contribution in [0.3, 0.4) is 0 Å². The first-order valence-electron chi connectivity index (χ1n) is 8.03. The molecule has 3 N–H and O–H groups in total. The molecule has 2 heterocycles. The summed E-state index contributed by atoms with van der Waals surface area (Å²) >= 11 is 0. The van der Waals surface area contributed by atoms with Gasteiger partial charge in [-0.25, -0.2) is 9.98 Å². The lowest BCUT2D eigenvalue weighted by Crippen LogP contribution is -2.32. The molecule has 6 heteroatoms. The molecule has 1 fully saturated rings. The zero-order valence-corrected chi connectivity index (χ0v) is 15.8. The van der Waals surface area contributed by atoms with Gasteiger partial charge in [-0.05, 0) is 43.4 Å². The average Bonchev–Trinajstić information content (AvgIpc) is 2.54. The van der Waals surface area contributed by atoms with E-state index in [1.807, 2.05) is 12.3 Å².